The number of hydrogen-bond acceptors (Lipinski definition) is 3. The first-order valence-electron chi connectivity index (χ1n) is 5.49. The Hall–Kier alpha value is -1.12. The Balaban J connectivity index is 2.29. The average molecular weight is 389 g/mol. The topological polar surface area (TPSA) is 66.4 Å². The molecule has 0 heterocycles. The van der Waals surface area contributed by atoms with Crippen molar-refractivity contribution in [1.29, 1.82) is 0 Å². The number of benzene rings is 2. The Bertz CT molecular complexity index is 669. The molecule has 0 aromatic heterocycles. The Kier molecular flexibility index (Phi) is 4.43. The molecule has 0 saturated carbocycles. The molecule has 0 saturated heterocycles. The molecule has 6 heteroatoms. The predicted molar refractivity (Wildman–Crippen MR) is 82.3 cm³/mol. The number of halogens is 1. The molecule has 4 nitrogen and oxygen atoms in total. The molecule has 0 spiro atoms. The number of nitrogens with one attached hydrogen (secondary N) is 1. The van der Waals surface area contributed by atoms with Crippen LogP contribution >= 0.6 is 22.6 Å². The van der Waals surface area contributed by atoms with E-state index < -0.39 is 10.0 Å². The van der Waals surface area contributed by atoms with Crippen LogP contribution in [0.5, 0.6) is 0 Å². The minimum absolute atomic E-state index is 0.137. The van der Waals surface area contributed by atoms with Gasteiger partial charge in [-0.05, 0) is 64.6 Å². The van der Waals surface area contributed by atoms with Gasteiger partial charge in [0, 0.05) is 9.26 Å². The molecule has 0 bridgehead atoms. The molecule has 2 N–H and O–H groups in total. The molecule has 0 unspecified atom stereocenters. The van der Waals surface area contributed by atoms with Crippen LogP contribution in [0, 0.1) is 3.57 Å². The molecule has 2 rings (SSSR count). The lowest BCUT2D eigenvalue weighted by Gasteiger charge is -2.09. The van der Waals surface area contributed by atoms with Crippen molar-refractivity contribution in [1.82, 2.24) is 0 Å². The van der Waals surface area contributed by atoms with Crippen LogP contribution in [0.4, 0.5) is 5.69 Å². The fraction of sp³-hybridized carbons (Fsp3) is 0.0769. The van der Waals surface area contributed by atoms with Crippen molar-refractivity contribution in [2.45, 2.75) is 11.5 Å². The zero-order valence-electron chi connectivity index (χ0n) is 9.88. The second-order valence-electron chi connectivity index (χ2n) is 3.92. The highest BCUT2D eigenvalue weighted by molar-refractivity contribution is 14.1. The SMILES string of the molecule is O=S(=O)(Nc1ccc(I)cc1)c1cccc(CO)c1. The molecule has 2 aromatic carbocycles. The van der Waals surface area contributed by atoms with E-state index in [1.165, 1.54) is 12.1 Å². The summed E-state index contributed by atoms with van der Waals surface area (Å²) in [6.45, 7) is -0.188. The van der Waals surface area contributed by atoms with Crippen molar-refractivity contribution >= 4 is 38.3 Å². The van der Waals surface area contributed by atoms with Crippen LogP contribution in [0.2, 0.25) is 0 Å². The Morgan fingerprint density at radius 2 is 1.79 bits per heavy atom. The molecular weight excluding hydrogens is 377 g/mol. The largest absolute Gasteiger partial charge is 0.392 e. The molecule has 0 aliphatic carbocycles. The van der Waals surface area contributed by atoms with E-state index in [0.717, 1.165) is 3.57 Å². The second kappa shape index (κ2) is 5.89. The van der Waals surface area contributed by atoms with E-state index in [4.69, 9.17) is 5.11 Å². The number of sulfonamides is 1. The lowest BCUT2D eigenvalue weighted by molar-refractivity contribution is 0.281. The van der Waals surface area contributed by atoms with Gasteiger partial charge in [-0.3, -0.25) is 4.72 Å². The van der Waals surface area contributed by atoms with Gasteiger partial charge in [-0.2, -0.15) is 0 Å². The Morgan fingerprint density at radius 3 is 2.42 bits per heavy atom. The highest BCUT2D eigenvalue weighted by Crippen LogP contribution is 2.18. The Morgan fingerprint density at radius 1 is 1.11 bits per heavy atom. The fourth-order valence-electron chi connectivity index (χ4n) is 1.54. The van der Waals surface area contributed by atoms with Gasteiger partial charge in [0.1, 0.15) is 0 Å². The van der Waals surface area contributed by atoms with Crippen molar-refractivity contribution in [2.24, 2.45) is 0 Å². The zero-order valence-corrected chi connectivity index (χ0v) is 12.8. The van der Waals surface area contributed by atoms with Crippen LogP contribution in [0.25, 0.3) is 0 Å². The molecule has 0 aliphatic heterocycles. The van der Waals surface area contributed by atoms with Gasteiger partial charge in [-0.25, -0.2) is 8.42 Å². The molecule has 0 amide bonds. The summed E-state index contributed by atoms with van der Waals surface area (Å²) in [6.07, 6.45) is 0. The first-order valence-corrected chi connectivity index (χ1v) is 8.05. The van der Waals surface area contributed by atoms with Crippen LogP contribution in [0.1, 0.15) is 5.56 Å². The van der Waals surface area contributed by atoms with E-state index in [1.807, 2.05) is 12.1 Å². The van der Waals surface area contributed by atoms with Gasteiger partial charge < -0.3 is 5.11 Å². The molecule has 19 heavy (non-hydrogen) atoms. The second-order valence-corrected chi connectivity index (χ2v) is 6.85. The zero-order chi connectivity index (χ0) is 13.9. The van der Waals surface area contributed by atoms with Gasteiger partial charge in [0.15, 0.2) is 0 Å². The third-order valence-electron chi connectivity index (χ3n) is 2.49. The summed E-state index contributed by atoms with van der Waals surface area (Å²) in [7, 11) is -3.62. The standard InChI is InChI=1S/C13H12INO3S/c14-11-4-6-12(7-5-11)15-19(17,18)13-3-1-2-10(8-13)9-16/h1-8,15-16H,9H2. The van der Waals surface area contributed by atoms with Crippen LogP contribution in [0.3, 0.4) is 0 Å². The van der Waals surface area contributed by atoms with Gasteiger partial charge in [0.05, 0.1) is 11.5 Å². The maximum atomic E-state index is 12.2. The summed E-state index contributed by atoms with van der Waals surface area (Å²) >= 11 is 2.15. The molecule has 2 aromatic rings. The molecule has 0 atom stereocenters. The first-order chi connectivity index (χ1) is 9.01. The summed E-state index contributed by atoms with van der Waals surface area (Å²) in [4.78, 5) is 0.137. The van der Waals surface area contributed by atoms with Gasteiger partial charge >= 0.3 is 0 Å². The summed E-state index contributed by atoms with van der Waals surface area (Å²) in [5.74, 6) is 0. The predicted octanol–water partition coefficient (Wildman–Crippen LogP) is 2.58. The maximum Gasteiger partial charge on any atom is 0.261 e. The molecule has 0 radical (unpaired) electrons. The van der Waals surface area contributed by atoms with Gasteiger partial charge in [0.25, 0.3) is 10.0 Å². The minimum atomic E-state index is -3.62. The normalized spacial score (nSPS) is 11.3. The third-order valence-corrected chi connectivity index (χ3v) is 4.59. The number of hydrogen-bond donors (Lipinski definition) is 2. The highest BCUT2D eigenvalue weighted by atomic mass is 127. The van der Waals surface area contributed by atoms with Crippen LogP contribution in [0.15, 0.2) is 53.4 Å². The van der Waals surface area contributed by atoms with Crippen LogP contribution in [-0.4, -0.2) is 13.5 Å². The number of aliphatic hydroxyl groups is 1. The third kappa shape index (κ3) is 3.68. The van der Waals surface area contributed by atoms with Crippen molar-refractivity contribution < 1.29 is 13.5 Å². The number of aliphatic hydroxyl groups excluding tert-OH is 1. The van der Waals surface area contributed by atoms with Crippen LogP contribution < -0.4 is 4.72 Å². The van der Waals surface area contributed by atoms with E-state index in [1.54, 1.807) is 24.3 Å². The van der Waals surface area contributed by atoms with Crippen molar-refractivity contribution in [3.63, 3.8) is 0 Å². The van der Waals surface area contributed by atoms with E-state index in [2.05, 4.69) is 27.3 Å². The van der Waals surface area contributed by atoms with Gasteiger partial charge in [-0.1, -0.05) is 12.1 Å². The van der Waals surface area contributed by atoms with E-state index in [-0.39, 0.29) is 11.5 Å². The molecule has 0 fully saturated rings. The van der Waals surface area contributed by atoms with Crippen LogP contribution in [-0.2, 0) is 16.6 Å². The minimum Gasteiger partial charge on any atom is -0.392 e. The number of rotatable bonds is 4. The van der Waals surface area contributed by atoms with Crippen molar-refractivity contribution in [2.75, 3.05) is 4.72 Å². The Labute approximate surface area is 125 Å². The lowest BCUT2D eigenvalue weighted by atomic mass is 10.2. The molecular formula is C13H12INO3S. The summed E-state index contributed by atoms with van der Waals surface area (Å²) in [5, 5.41) is 9.03. The average Bonchev–Trinajstić information content (AvgIpc) is 2.41. The summed E-state index contributed by atoms with van der Waals surface area (Å²) in [6, 6.07) is 13.3. The summed E-state index contributed by atoms with van der Waals surface area (Å²) in [5.41, 5.74) is 1.07. The number of anilines is 1. The maximum absolute atomic E-state index is 12.2. The van der Waals surface area contributed by atoms with E-state index >= 15 is 0 Å². The van der Waals surface area contributed by atoms with Gasteiger partial charge in [-0.15, -0.1) is 0 Å². The lowest BCUT2D eigenvalue weighted by Crippen LogP contribution is -2.13. The summed E-state index contributed by atoms with van der Waals surface area (Å²) < 4.78 is 27.9. The molecule has 0 aliphatic rings. The smallest absolute Gasteiger partial charge is 0.261 e. The monoisotopic (exact) mass is 389 g/mol. The van der Waals surface area contributed by atoms with Crippen molar-refractivity contribution in [3.05, 3.63) is 57.7 Å². The fourth-order valence-corrected chi connectivity index (χ4v) is 3.03. The van der Waals surface area contributed by atoms with Gasteiger partial charge in [0.2, 0.25) is 0 Å². The van der Waals surface area contributed by atoms with E-state index in [0.29, 0.717) is 11.3 Å². The highest BCUT2D eigenvalue weighted by Gasteiger charge is 2.14. The quantitative estimate of drug-likeness (QED) is 0.791. The van der Waals surface area contributed by atoms with Crippen molar-refractivity contribution in [3.8, 4) is 0 Å². The molecule has 100 valence electrons. The first kappa shape index (κ1) is 14.3. The van der Waals surface area contributed by atoms with E-state index in [9.17, 15) is 8.42 Å².